The van der Waals surface area contributed by atoms with Gasteiger partial charge in [0.05, 0.1) is 17.5 Å². The molecule has 1 aromatic heterocycles. The number of amides is 2. The van der Waals surface area contributed by atoms with Crippen molar-refractivity contribution in [1.29, 1.82) is 0 Å². The minimum Gasteiger partial charge on any atom is -0.377 e. The normalized spacial score (nSPS) is 24.1. The minimum absolute atomic E-state index is 0.0491. The molecule has 0 unspecified atom stereocenters. The van der Waals surface area contributed by atoms with Crippen LogP contribution in [0.25, 0.3) is 10.9 Å². The molecule has 3 heterocycles. The summed E-state index contributed by atoms with van der Waals surface area (Å²) in [6, 6.07) is 9.47. The molecule has 2 N–H and O–H groups in total. The van der Waals surface area contributed by atoms with Gasteiger partial charge in [-0.25, -0.2) is 0 Å². The fraction of sp³-hybridized carbons (Fsp3) is 0.450. The molecule has 4 rings (SSSR count). The van der Waals surface area contributed by atoms with Crippen molar-refractivity contribution >= 4 is 22.7 Å². The fourth-order valence-electron chi connectivity index (χ4n) is 4.20. The van der Waals surface area contributed by atoms with Gasteiger partial charge in [-0.3, -0.25) is 14.6 Å². The lowest BCUT2D eigenvalue weighted by Gasteiger charge is -2.35. The molecule has 1 aromatic carbocycles. The van der Waals surface area contributed by atoms with Crippen molar-refractivity contribution in [2.75, 3.05) is 19.7 Å². The van der Waals surface area contributed by atoms with E-state index in [-0.39, 0.29) is 23.8 Å². The van der Waals surface area contributed by atoms with Crippen LogP contribution in [0.2, 0.25) is 0 Å². The maximum Gasteiger partial charge on any atom is 0.253 e. The first kappa shape index (κ1) is 17.0. The maximum atomic E-state index is 12.8. The third-order valence-corrected chi connectivity index (χ3v) is 5.64. The number of hydrogen-bond acceptors (Lipinski definition) is 4. The molecule has 2 fully saturated rings. The second-order valence-corrected chi connectivity index (χ2v) is 7.17. The lowest BCUT2D eigenvalue weighted by Crippen LogP contribution is -2.44. The first-order chi connectivity index (χ1) is 12.6. The Bertz CT molecular complexity index is 830. The third-order valence-electron chi connectivity index (χ3n) is 5.64. The van der Waals surface area contributed by atoms with Crippen LogP contribution in [-0.2, 0) is 9.53 Å². The van der Waals surface area contributed by atoms with Gasteiger partial charge in [0.2, 0.25) is 5.91 Å². The predicted octanol–water partition coefficient (Wildman–Crippen LogP) is 1.98. The molecule has 2 atom stereocenters. The van der Waals surface area contributed by atoms with Crippen molar-refractivity contribution in [2.24, 2.45) is 17.6 Å². The molecule has 26 heavy (non-hydrogen) atoms. The number of hydrogen-bond donors (Lipinski definition) is 1. The second kappa shape index (κ2) is 7.03. The number of nitrogens with zero attached hydrogens (tertiary/aromatic N) is 2. The SMILES string of the molecule is NC(=O)[C@H]1CCO[C@@H]1C1CCN(C(=O)c2ccc3ncccc3c2)CC1. The van der Waals surface area contributed by atoms with Crippen LogP contribution in [0.3, 0.4) is 0 Å². The van der Waals surface area contributed by atoms with Gasteiger partial charge in [-0.2, -0.15) is 0 Å². The Morgan fingerprint density at radius 2 is 1.96 bits per heavy atom. The largest absolute Gasteiger partial charge is 0.377 e. The Morgan fingerprint density at radius 3 is 2.73 bits per heavy atom. The van der Waals surface area contributed by atoms with E-state index in [9.17, 15) is 9.59 Å². The van der Waals surface area contributed by atoms with Gasteiger partial charge in [0.1, 0.15) is 0 Å². The topological polar surface area (TPSA) is 85.5 Å². The third kappa shape index (κ3) is 3.17. The zero-order valence-electron chi connectivity index (χ0n) is 14.6. The number of piperidine rings is 1. The summed E-state index contributed by atoms with van der Waals surface area (Å²) < 4.78 is 5.78. The molecule has 0 bridgehead atoms. The van der Waals surface area contributed by atoms with Crippen LogP contribution in [0, 0.1) is 11.8 Å². The van der Waals surface area contributed by atoms with Crippen LogP contribution in [-0.4, -0.2) is 47.5 Å². The van der Waals surface area contributed by atoms with Crippen LogP contribution < -0.4 is 5.73 Å². The van der Waals surface area contributed by atoms with Crippen molar-refractivity contribution in [2.45, 2.75) is 25.4 Å². The molecule has 6 nitrogen and oxygen atoms in total. The van der Waals surface area contributed by atoms with Gasteiger partial charge in [-0.15, -0.1) is 0 Å². The van der Waals surface area contributed by atoms with Gasteiger partial charge >= 0.3 is 0 Å². The number of likely N-dealkylation sites (tertiary alicyclic amines) is 1. The number of fused-ring (bicyclic) bond motifs is 1. The van der Waals surface area contributed by atoms with Crippen LogP contribution in [0.1, 0.15) is 29.6 Å². The average molecular weight is 353 g/mol. The predicted molar refractivity (Wildman–Crippen MR) is 97.4 cm³/mol. The second-order valence-electron chi connectivity index (χ2n) is 7.17. The van der Waals surface area contributed by atoms with E-state index in [1.165, 1.54) is 0 Å². The standard InChI is InChI=1S/C20H23N3O3/c21-19(24)16-7-11-26-18(16)13-5-9-23(10-6-13)20(25)15-3-4-17-14(12-15)2-1-8-22-17/h1-4,8,12-13,16,18H,5-7,9-11H2,(H2,21,24)/t16-,18+/m0/s1. The van der Waals surface area contributed by atoms with Crippen LogP contribution >= 0.6 is 0 Å². The Kier molecular flexibility index (Phi) is 4.59. The highest BCUT2D eigenvalue weighted by Gasteiger charge is 2.39. The molecule has 6 heteroatoms. The number of primary amides is 1. The Hall–Kier alpha value is -2.47. The molecule has 2 amide bonds. The summed E-state index contributed by atoms with van der Waals surface area (Å²) in [4.78, 5) is 30.6. The molecule has 0 radical (unpaired) electrons. The molecule has 0 saturated carbocycles. The van der Waals surface area contributed by atoms with Crippen molar-refractivity contribution in [3.8, 4) is 0 Å². The van der Waals surface area contributed by atoms with Crippen molar-refractivity contribution < 1.29 is 14.3 Å². The maximum absolute atomic E-state index is 12.8. The number of nitrogens with two attached hydrogens (primary N) is 1. The number of pyridine rings is 1. The monoisotopic (exact) mass is 353 g/mol. The Morgan fingerprint density at radius 1 is 1.15 bits per heavy atom. The molecule has 2 saturated heterocycles. The molecule has 2 aliphatic rings. The van der Waals surface area contributed by atoms with Gasteiger partial charge < -0.3 is 15.4 Å². The van der Waals surface area contributed by atoms with Crippen LogP contribution in [0.4, 0.5) is 0 Å². The number of benzene rings is 1. The smallest absolute Gasteiger partial charge is 0.253 e. The average Bonchev–Trinajstić information content (AvgIpc) is 3.17. The Balaban J connectivity index is 1.42. The quantitative estimate of drug-likeness (QED) is 0.914. The lowest BCUT2D eigenvalue weighted by atomic mass is 9.84. The van der Waals surface area contributed by atoms with Gasteiger partial charge in [-0.1, -0.05) is 6.07 Å². The highest BCUT2D eigenvalue weighted by atomic mass is 16.5. The van der Waals surface area contributed by atoms with Crippen LogP contribution in [0.5, 0.6) is 0 Å². The summed E-state index contributed by atoms with van der Waals surface area (Å²) in [5.41, 5.74) is 7.08. The molecular formula is C20H23N3O3. The van der Waals surface area contributed by atoms with Crippen molar-refractivity contribution in [1.82, 2.24) is 9.88 Å². The minimum atomic E-state index is -0.268. The zero-order chi connectivity index (χ0) is 18.1. The first-order valence-electron chi connectivity index (χ1n) is 9.18. The molecule has 136 valence electrons. The first-order valence-corrected chi connectivity index (χ1v) is 9.18. The van der Waals surface area contributed by atoms with Gasteiger partial charge in [0.15, 0.2) is 0 Å². The van der Waals surface area contributed by atoms with E-state index >= 15 is 0 Å². The van der Waals surface area contributed by atoms with Crippen molar-refractivity contribution in [3.63, 3.8) is 0 Å². The number of carbonyl (C=O) groups is 2. The summed E-state index contributed by atoms with van der Waals surface area (Å²) in [6.07, 6.45) is 4.06. The molecule has 0 aliphatic carbocycles. The Labute approximate surface area is 152 Å². The van der Waals surface area contributed by atoms with E-state index < -0.39 is 0 Å². The number of carbonyl (C=O) groups excluding carboxylic acids is 2. The van der Waals surface area contributed by atoms with Crippen molar-refractivity contribution in [3.05, 3.63) is 42.1 Å². The van der Waals surface area contributed by atoms with Gasteiger partial charge in [0.25, 0.3) is 5.91 Å². The number of aromatic nitrogens is 1. The highest BCUT2D eigenvalue weighted by Crippen LogP contribution is 2.33. The number of ether oxygens (including phenoxy) is 1. The van der Waals surface area contributed by atoms with Crippen LogP contribution in [0.15, 0.2) is 36.5 Å². The van der Waals surface area contributed by atoms with E-state index in [2.05, 4.69) is 4.98 Å². The molecular weight excluding hydrogens is 330 g/mol. The number of rotatable bonds is 3. The van der Waals surface area contributed by atoms with Gasteiger partial charge in [-0.05, 0) is 49.4 Å². The summed E-state index contributed by atoms with van der Waals surface area (Å²) in [6.45, 7) is 1.96. The van der Waals surface area contributed by atoms with E-state index in [0.29, 0.717) is 37.6 Å². The highest BCUT2D eigenvalue weighted by molar-refractivity contribution is 5.98. The summed E-state index contributed by atoms with van der Waals surface area (Å²) >= 11 is 0. The summed E-state index contributed by atoms with van der Waals surface area (Å²) in [7, 11) is 0. The van der Waals surface area contributed by atoms with E-state index in [1.54, 1.807) is 6.20 Å². The molecule has 0 spiro atoms. The lowest BCUT2D eigenvalue weighted by molar-refractivity contribution is -0.124. The molecule has 2 aliphatic heterocycles. The molecule has 2 aromatic rings. The fourth-order valence-corrected chi connectivity index (χ4v) is 4.20. The van der Waals surface area contributed by atoms with E-state index in [4.69, 9.17) is 10.5 Å². The van der Waals surface area contributed by atoms with E-state index in [1.807, 2.05) is 35.2 Å². The zero-order valence-corrected chi connectivity index (χ0v) is 14.6. The van der Waals surface area contributed by atoms with Gasteiger partial charge in [0, 0.05) is 36.8 Å². The summed E-state index contributed by atoms with van der Waals surface area (Å²) in [5.74, 6) is -0.112. The summed E-state index contributed by atoms with van der Waals surface area (Å²) in [5, 5.41) is 0.969. The van der Waals surface area contributed by atoms with E-state index in [0.717, 1.165) is 23.7 Å².